The van der Waals surface area contributed by atoms with E-state index in [2.05, 4.69) is 26.0 Å². The summed E-state index contributed by atoms with van der Waals surface area (Å²) >= 11 is 2.20. The van der Waals surface area contributed by atoms with Gasteiger partial charge in [0.25, 0.3) is 0 Å². The zero-order valence-electron chi connectivity index (χ0n) is 5.13. The number of halogens is 1. The van der Waals surface area contributed by atoms with E-state index in [1.807, 2.05) is 0 Å². The highest BCUT2D eigenvalue weighted by atomic mass is 127. The zero-order valence-corrected chi connectivity index (χ0v) is 7.28. The van der Waals surface area contributed by atoms with E-state index in [-0.39, 0.29) is 12.1 Å². The Morgan fingerprint density at radius 2 is 2.33 bits per heavy atom. The molecular formula is C5H11IN2O. The van der Waals surface area contributed by atoms with E-state index >= 15 is 0 Å². The van der Waals surface area contributed by atoms with Gasteiger partial charge >= 0.3 is 0 Å². The van der Waals surface area contributed by atoms with Crippen molar-refractivity contribution in [2.75, 3.05) is 13.1 Å². The van der Waals surface area contributed by atoms with E-state index in [1.165, 1.54) is 0 Å². The van der Waals surface area contributed by atoms with Crippen LogP contribution in [0.5, 0.6) is 0 Å². The van der Waals surface area contributed by atoms with Crippen LogP contribution in [0.25, 0.3) is 0 Å². The number of rotatable bonds is 0. The quantitative estimate of drug-likeness (QED) is 0.454. The zero-order chi connectivity index (χ0) is 6.85. The molecule has 1 aliphatic rings. The number of β-amino-alcohol motifs (C(OH)–C–C–N with tert-alkyl or cyclic N) is 1. The van der Waals surface area contributed by atoms with E-state index < -0.39 is 0 Å². The molecule has 1 fully saturated rings. The second kappa shape index (κ2) is 3.14. The Hall–Kier alpha value is 0.610. The Morgan fingerprint density at radius 1 is 1.67 bits per heavy atom. The topological polar surface area (TPSA) is 49.5 Å². The van der Waals surface area contributed by atoms with Crippen LogP contribution in [-0.2, 0) is 0 Å². The van der Waals surface area contributed by atoms with Gasteiger partial charge in [0.2, 0.25) is 0 Å². The van der Waals surface area contributed by atoms with Crippen molar-refractivity contribution < 1.29 is 5.11 Å². The fraction of sp³-hybridized carbons (Fsp3) is 1.00. The summed E-state index contributed by atoms with van der Waals surface area (Å²) < 4.78 is 2.06. The fourth-order valence-electron chi connectivity index (χ4n) is 0.911. The first kappa shape index (κ1) is 7.71. The molecule has 54 valence electrons. The summed E-state index contributed by atoms with van der Waals surface area (Å²) in [4.78, 5) is 0. The van der Waals surface area contributed by atoms with Crippen LogP contribution in [0.15, 0.2) is 0 Å². The molecule has 0 saturated carbocycles. The van der Waals surface area contributed by atoms with Gasteiger partial charge in [-0.05, 0) is 6.42 Å². The monoisotopic (exact) mass is 242 g/mol. The summed E-state index contributed by atoms with van der Waals surface area (Å²) in [5, 5.41) is 9.18. The number of nitrogens with two attached hydrogens (primary N) is 1. The van der Waals surface area contributed by atoms with Crippen molar-refractivity contribution >= 4 is 22.9 Å². The van der Waals surface area contributed by atoms with Gasteiger partial charge in [0.05, 0.1) is 6.10 Å². The van der Waals surface area contributed by atoms with Crippen molar-refractivity contribution in [1.29, 1.82) is 0 Å². The lowest BCUT2D eigenvalue weighted by Gasteiger charge is -2.29. The first-order chi connectivity index (χ1) is 4.20. The van der Waals surface area contributed by atoms with Crippen LogP contribution in [-0.4, -0.2) is 33.5 Å². The minimum absolute atomic E-state index is 0.00369. The molecule has 0 spiro atoms. The lowest BCUT2D eigenvalue weighted by Crippen LogP contribution is -2.47. The number of nitrogens with zero attached hydrogens (tertiary/aromatic N) is 1. The molecule has 0 aromatic carbocycles. The van der Waals surface area contributed by atoms with Crippen LogP contribution in [0, 0.1) is 0 Å². The summed E-state index contributed by atoms with van der Waals surface area (Å²) in [6.07, 6.45) is 0.583. The summed E-state index contributed by atoms with van der Waals surface area (Å²) in [5.74, 6) is 0. The molecule has 0 radical (unpaired) electrons. The van der Waals surface area contributed by atoms with Crippen molar-refractivity contribution in [1.82, 2.24) is 3.11 Å². The summed E-state index contributed by atoms with van der Waals surface area (Å²) in [6.45, 7) is 1.71. The highest BCUT2D eigenvalue weighted by Gasteiger charge is 2.22. The van der Waals surface area contributed by atoms with Crippen LogP contribution >= 0.6 is 22.9 Å². The fourth-order valence-corrected chi connectivity index (χ4v) is 1.59. The van der Waals surface area contributed by atoms with Crippen LogP contribution in [0.3, 0.4) is 0 Å². The van der Waals surface area contributed by atoms with Crippen molar-refractivity contribution in [2.24, 2.45) is 5.73 Å². The van der Waals surface area contributed by atoms with Gasteiger partial charge in [-0.15, -0.1) is 0 Å². The Labute approximate surface area is 68.7 Å². The summed E-state index contributed by atoms with van der Waals surface area (Å²) in [7, 11) is 0. The SMILES string of the molecule is NC1CCN(I)CC1O. The number of hydrogen-bond acceptors (Lipinski definition) is 3. The Kier molecular flexibility index (Phi) is 2.69. The minimum Gasteiger partial charge on any atom is -0.390 e. The number of aliphatic hydroxyl groups is 1. The average Bonchev–Trinajstić information content (AvgIpc) is 1.80. The number of aliphatic hydroxyl groups excluding tert-OH is 1. The first-order valence-corrected chi connectivity index (χ1v) is 4.01. The molecule has 1 saturated heterocycles. The molecule has 0 aromatic heterocycles. The van der Waals surface area contributed by atoms with Gasteiger partial charge in [-0.1, -0.05) is 0 Å². The minimum atomic E-state index is -0.323. The molecule has 0 bridgehead atoms. The third-order valence-electron chi connectivity index (χ3n) is 1.58. The van der Waals surface area contributed by atoms with Gasteiger partial charge in [-0.2, -0.15) is 0 Å². The van der Waals surface area contributed by atoms with E-state index in [4.69, 9.17) is 5.73 Å². The highest BCUT2D eigenvalue weighted by Crippen LogP contribution is 2.12. The molecule has 2 atom stereocenters. The largest absolute Gasteiger partial charge is 0.390 e. The second-order valence-electron chi connectivity index (χ2n) is 2.39. The van der Waals surface area contributed by atoms with Gasteiger partial charge < -0.3 is 10.8 Å². The van der Waals surface area contributed by atoms with Crippen molar-refractivity contribution in [3.63, 3.8) is 0 Å². The van der Waals surface area contributed by atoms with Gasteiger partial charge in [-0.3, -0.25) is 0 Å². The van der Waals surface area contributed by atoms with Crippen LogP contribution in [0.2, 0.25) is 0 Å². The van der Waals surface area contributed by atoms with Crippen molar-refractivity contribution in [2.45, 2.75) is 18.6 Å². The third kappa shape index (κ3) is 2.03. The summed E-state index contributed by atoms with van der Waals surface area (Å²) in [5.41, 5.74) is 5.56. The molecule has 1 heterocycles. The van der Waals surface area contributed by atoms with Crippen molar-refractivity contribution in [3.05, 3.63) is 0 Å². The van der Waals surface area contributed by atoms with E-state index in [0.29, 0.717) is 6.54 Å². The summed E-state index contributed by atoms with van der Waals surface area (Å²) in [6, 6.07) is -0.00369. The average molecular weight is 242 g/mol. The normalized spacial score (nSPS) is 39.0. The van der Waals surface area contributed by atoms with Gasteiger partial charge in [0, 0.05) is 42.0 Å². The van der Waals surface area contributed by atoms with Gasteiger partial charge in [0.1, 0.15) is 0 Å². The van der Waals surface area contributed by atoms with Crippen LogP contribution < -0.4 is 5.73 Å². The molecule has 0 aromatic rings. The Balaban J connectivity index is 2.35. The number of piperidine rings is 1. The lowest BCUT2D eigenvalue weighted by molar-refractivity contribution is 0.0977. The molecule has 0 amide bonds. The third-order valence-corrected chi connectivity index (χ3v) is 2.46. The molecular weight excluding hydrogens is 231 g/mol. The predicted molar refractivity (Wildman–Crippen MR) is 44.2 cm³/mol. The Bertz CT molecular complexity index is 101. The lowest BCUT2D eigenvalue weighted by atomic mass is 10.1. The highest BCUT2D eigenvalue weighted by molar-refractivity contribution is 14.1. The molecule has 1 aliphatic heterocycles. The number of hydrogen-bond donors (Lipinski definition) is 2. The van der Waals surface area contributed by atoms with Crippen molar-refractivity contribution in [3.8, 4) is 0 Å². The van der Waals surface area contributed by atoms with E-state index in [0.717, 1.165) is 13.0 Å². The van der Waals surface area contributed by atoms with E-state index in [1.54, 1.807) is 0 Å². The van der Waals surface area contributed by atoms with Crippen LogP contribution in [0.1, 0.15) is 6.42 Å². The standard InChI is InChI=1S/C5H11IN2O/c6-8-2-1-4(7)5(9)3-8/h4-5,9H,1-3,7H2. The second-order valence-corrected chi connectivity index (χ2v) is 3.75. The first-order valence-electron chi connectivity index (χ1n) is 3.04. The maximum Gasteiger partial charge on any atom is 0.0826 e. The molecule has 4 heteroatoms. The molecule has 0 aliphatic carbocycles. The Morgan fingerprint density at radius 3 is 2.78 bits per heavy atom. The van der Waals surface area contributed by atoms with Crippen LogP contribution in [0.4, 0.5) is 0 Å². The smallest absolute Gasteiger partial charge is 0.0826 e. The van der Waals surface area contributed by atoms with Gasteiger partial charge in [0.15, 0.2) is 0 Å². The predicted octanol–water partition coefficient (Wildman–Crippen LogP) is -0.270. The van der Waals surface area contributed by atoms with E-state index in [9.17, 15) is 5.11 Å². The molecule has 3 N–H and O–H groups in total. The maximum absolute atomic E-state index is 9.18. The molecule has 1 rings (SSSR count). The molecule has 3 nitrogen and oxygen atoms in total. The molecule has 2 unspecified atom stereocenters. The maximum atomic E-state index is 9.18. The van der Waals surface area contributed by atoms with Gasteiger partial charge in [-0.25, -0.2) is 3.11 Å². The molecule has 9 heavy (non-hydrogen) atoms.